The summed E-state index contributed by atoms with van der Waals surface area (Å²) >= 11 is 0. The van der Waals surface area contributed by atoms with E-state index in [2.05, 4.69) is 9.97 Å². The number of amides is 1. The summed E-state index contributed by atoms with van der Waals surface area (Å²) in [5, 5.41) is -0.187. The van der Waals surface area contributed by atoms with Gasteiger partial charge in [0, 0.05) is 24.5 Å². The Balaban J connectivity index is 2.13. The zero-order valence-corrected chi connectivity index (χ0v) is 14.8. The third-order valence-corrected chi connectivity index (χ3v) is 5.04. The van der Waals surface area contributed by atoms with E-state index in [1.54, 1.807) is 33.8 Å². The molecule has 0 aromatic carbocycles. The summed E-state index contributed by atoms with van der Waals surface area (Å²) in [6.07, 6.45) is 2.34. The Morgan fingerprint density at radius 1 is 1.43 bits per heavy atom. The zero-order chi connectivity index (χ0) is 17.3. The highest BCUT2D eigenvalue weighted by molar-refractivity contribution is 7.91. The lowest BCUT2D eigenvalue weighted by atomic mass is 10.2. The van der Waals surface area contributed by atoms with Crippen molar-refractivity contribution in [1.82, 2.24) is 14.9 Å². The first-order chi connectivity index (χ1) is 10.6. The third-order valence-electron chi connectivity index (χ3n) is 3.47. The maximum absolute atomic E-state index is 12.5. The van der Waals surface area contributed by atoms with Gasteiger partial charge in [0.15, 0.2) is 0 Å². The molecule has 1 amide bonds. The minimum atomic E-state index is -3.65. The topological polar surface area (TPSA) is 89.5 Å². The van der Waals surface area contributed by atoms with Crippen molar-refractivity contribution >= 4 is 15.9 Å². The van der Waals surface area contributed by atoms with Crippen LogP contribution in [0, 0.1) is 6.92 Å². The van der Waals surface area contributed by atoms with Gasteiger partial charge in [-0.15, -0.1) is 0 Å². The van der Waals surface area contributed by atoms with Crippen molar-refractivity contribution in [3.63, 3.8) is 0 Å². The molecule has 23 heavy (non-hydrogen) atoms. The fourth-order valence-electron chi connectivity index (χ4n) is 2.47. The number of aryl methyl sites for hydroxylation is 1. The fraction of sp³-hybridized carbons (Fsp3) is 0.667. The monoisotopic (exact) mass is 341 g/mol. The van der Waals surface area contributed by atoms with Crippen molar-refractivity contribution in [2.45, 2.75) is 57.3 Å². The molecule has 1 aliphatic heterocycles. The molecule has 1 saturated heterocycles. The van der Waals surface area contributed by atoms with Crippen LogP contribution in [0.15, 0.2) is 17.4 Å². The van der Waals surface area contributed by atoms with Gasteiger partial charge in [-0.3, -0.25) is 0 Å². The Bertz CT molecular complexity index is 682. The molecular weight excluding hydrogens is 318 g/mol. The van der Waals surface area contributed by atoms with Crippen molar-refractivity contribution in [2.24, 2.45) is 0 Å². The summed E-state index contributed by atoms with van der Waals surface area (Å²) in [6, 6.07) is 1.24. The van der Waals surface area contributed by atoms with Crippen molar-refractivity contribution in [2.75, 3.05) is 12.3 Å². The van der Waals surface area contributed by atoms with E-state index in [0.717, 1.165) is 6.42 Å². The van der Waals surface area contributed by atoms with Crippen LogP contribution in [0.25, 0.3) is 0 Å². The van der Waals surface area contributed by atoms with E-state index in [-0.39, 0.29) is 10.9 Å². The predicted octanol–water partition coefficient (Wildman–Crippen LogP) is 1.96. The van der Waals surface area contributed by atoms with Crippen LogP contribution in [0.3, 0.4) is 0 Å². The summed E-state index contributed by atoms with van der Waals surface area (Å²) in [6.45, 7) is 7.57. The predicted molar refractivity (Wildman–Crippen MR) is 84.8 cm³/mol. The van der Waals surface area contributed by atoms with Gasteiger partial charge in [0.1, 0.15) is 5.60 Å². The molecule has 1 fully saturated rings. The molecule has 2 heterocycles. The van der Waals surface area contributed by atoms with E-state index in [1.807, 2.05) is 0 Å². The Morgan fingerprint density at radius 3 is 2.74 bits per heavy atom. The second-order valence-electron chi connectivity index (χ2n) is 6.73. The molecule has 0 aliphatic carbocycles. The van der Waals surface area contributed by atoms with Gasteiger partial charge in [-0.1, -0.05) is 0 Å². The maximum atomic E-state index is 12.5. The van der Waals surface area contributed by atoms with Crippen LogP contribution in [0.1, 0.15) is 39.3 Å². The standard InChI is InChI=1S/C15H23N3O4S/c1-11-7-8-16-13(17-11)23(20,21)10-12-6-5-9-18(12)14(19)22-15(2,3)4/h7-8,12H,5-6,9-10H2,1-4H3/t12-/m0/s1. The summed E-state index contributed by atoms with van der Waals surface area (Å²) in [5.41, 5.74) is -0.0167. The van der Waals surface area contributed by atoms with Crippen molar-refractivity contribution < 1.29 is 17.9 Å². The quantitative estimate of drug-likeness (QED) is 0.781. The molecule has 0 spiro atoms. The van der Waals surface area contributed by atoms with Crippen molar-refractivity contribution in [3.05, 3.63) is 18.0 Å². The average Bonchev–Trinajstić information content (AvgIpc) is 2.84. The SMILES string of the molecule is Cc1ccnc(S(=O)(=O)C[C@@H]2CCCN2C(=O)OC(C)(C)C)n1. The molecular formula is C15H23N3O4S. The first-order valence-electron chi connectivity index (χ1n) is 7.60. The highest BCUT2D eigenvalue weighted by Gasteiger charge is 2.36. The number of carbonyl (C=O) groups excluding carboxylic acids is 1. The zero-order valence-electron chi connectivity index (χ0n) is 13.9. The lowest BCUT2D eigenvalue weighted by molar-refractivity contribution is 0.0241. The normalized spacial score (nSPS) is 19.0. The molecule has 1 aromatic rings. The maximum Gasteiger partial charge on any atom is 0.410 e. The van der Waals surface area contributed by atoms with E-state index in [9.17, 15) is 13.2 Å². The van der Waals surface area contributed by atoms with Crippen LogP contribution >= 0.6 is 0 Å². The van der Waals surface area contributed by atoms with Gasteiger partial charge in [0.2, 0.25) is 15.0 Å². The van der Waals surface area contributed by atoms with E-state index in [0.29, 0.717) is 18.7 Å². The van der Waals surface area contributed by atoms with Crippen LogP contribution in [0.5, 0.6) is 0 Å². The van der Waals surface area contributed by atoms with E-state index < -0.39 is 27.6 Å². The first-order valence-corrected chi connectivity index (χ1v) is 9.26. The van der Waals surface area contributed by atoms with E-state index >= 15 is 0 Å². The molecule has 2 rings (SSSR count). The number of rotatable bonds is 3. The summed E-state index contributed by atoms with van der Waals surface area (Å²) in [4.78, 5) is 21.6. The van der Waals surface area contributed by atoms with Crippen LogP contribution in [-0.4, -0.2) is 53.3 Å². The largest absolute Gasteiger partial charge is 0.444 e. The highest BCUT2D eigenvalue weighted by atomic mass is 32.2. The molecule has 0 saturated carbocycles. The fourth-order valence-corrected chi connectivity index (χ4v) is 3.98. The minimum Gasteiger partial charge on any atom is -0.444 e. The summed E-state index contributed by atoms with van der Waals surface area (Å²) < 4.78 is 30.3. The number of aromatic nitrogens is 2. The van der Waals surface area contributed by atoms with Gasteiger partial charge in [0.05, 0.1) is 5.75 Å². The third kappa shape index (κ3) is 4.63. The molecule has 0 bridgehead atoms. The lowest BCUT2D eigenvalue weighted by Crippen LogP contribution is -2.42. The summed E-state index contributed by atoms with van der Waals surface area (Å²) in [7, 11) is -3.65. The first kappa shape index (κ1) is 17.7. The minimum absolute atomic E-state index is 0.185. The average molecular weight is 341 g/mol. The Hall–Kier alpha value is -1.70. The Morgan fingerprint density at radius 2 is 2.13 bits per heavy atom. The highest BCUT2D eigenvalue weighted by Crippen LogP contribution is 2.23. The van der Waals surface area contributed by atoms with Crippen LogP contribution < -0.4 is 0 Å². The summed E-state index contributed by atoms with van der Waals surface area (Å²) in [5.74, 6) is -0.185. The van der Waals surface area contributed by atoms with Crippen LogP contribution in [0.2, 0.25) is 0 Å². The number of sulfone groups is 1. The lowest BCUT2D eigenvalue weighted by Gasteiger charge is -2.28. The molecule has 8 heteroatoms. The number of nitrogens with zero attached hydrogens (tertiary/aromatic N) is 3. The van der Waals surface area contributed by atoms with Crippen LogP contribution in [0.4, 0.5) is 4.79 Å². The van der Waals surface area contributed by atoms with Gasteiger partial charge in [0.25, 0.3) is 0 Å². The van der Waals surface area contributed by atoms with Crippen LogP contribution in [-0.2, 0) is 14.6 Å². The molecule has 0 N–H and O–H groups in total. The van der Waals surface area contributed by atoms with Crippen molar-refractivity contribution in [1.29, 1.82) is 0 Å². The molecule has 1 atom stereocenters. The molecule has 1 aromatic heterocycles. The molecule has 1 aliphatic rings. The van der Waals surface area contributed by atoms with Gasteiger partial charge >= 0.3 is 6.09 Å². The van der Waals surface area contributed by atoms with Gasteiger partial charge in [-0.2, -0.15) is 0 Å². The van der Waals surface area contributed by atoms with E-state index in [4.69, 9.17) is 4.74 Å². The van der Waals surface area contributed by atoms with Gasteiger partial charge in [-0.25, -0.2) is 23.2 Å². The molecule has 0 radical (unpaired) electrons. The van der Waals surface area contributed by atoms with Gasteiger partial charge in [-0.05, 0) is 46.6 Å². The molecule has 7 nitrogen and oxygen atoms in total. The molecule has 128 valence electrons. The van der Waals surface area contributed by atoms with Crippen molar-refractivity contribution in [3.8, 4) is 0 Å². The van der Waals surface area contributed by atoms with Gasteiger partial charge < -0.3 is 9.64 Å². The number of carbonyl (C=O) groups is 1. The second-order valence-corrected chi connectivity index (χ2v) is 8.66. The second kappa shape index (κ2) is 6.43. The smallest absolute Gasteiger partial charge is 0.410 e. The number of hydrogen-bond donors (Lipinski definition) is 0. The van der Waals surface area contributed by atoms with E-state index in [1.165, 1.54) is 11.1 Å². The number of likely N-dealkylation sites (tertiary alicyclic amines) is 1. The Kier molecular flexibility index (Phi) is 4.93. The Labute approximate surface area is 137 Å². The molecule has 0 unspecified atom stereocenters. The number of hydrogen-bond acceptors (Lipinski definition) is 6. The number of ether oxygens (including phenoxy) is 1.